The molecule has 1 aliphatic heterocycles. The first-order valence-electron chi connectivity index (χ1n) is 12.9. The molecule has 2 aromatic carbocycles. The van der Waals surface area contributed by atoms with Crippen molar-refractivity contribution < 1.29 is 23.9 Å². The van der Waals surface area contributed by atoms with Crippen molar-refractivity contribution in [1.29, 1.82) is 0 Å². The van der Waals surface area contributed by atoms with Gasteiger partial charge in [0.15, 0.2) is 11.6 Å². The van der Waals surface area contributed by atoms with E-state index in [0.717, 1.165) is 6.42 Å². The van der Waals surface area contributed by atoms with E-state index in [-0.39, 0.29) is 24.0 Å². The fraction of sp³-hybridized carbons (Fsp3) is 0.429. The molecule has 1 unspecified atom stereocenters. The molecule has 1 heterocycles. The van der Waals surface area contributed by atoms with Crippen LogP contribution < -0.4 is 21.7 Å². The van der Waals surface area contributed by atoms with Crippen LogP contribution in [0.4, 0.5) is 16.2 Å². The van der Waals surface area contributed by atoms with Gasteiger partial charge in [0, 0.05) is 55.2 Å². The molecule has 0 spiro atoms. The molecule has 0 saturated carbocycles. The van der Waals surface area contributed by atoms with Crippen molar-refractivity contribution >= 4 is 34.9 Å². The minimum absolute atomic E-state index is 0.227. The standard InChI is InChI=1S/C28H35N5O5/c1-28(2,3)38-27(37)33-16-6-11-21(33)26(36)32-15-14-31-20-10-5-8-18-23(20)25(35)17-7-4-9-19(30-13-12-29)22(17)24(18)34/h4-5,7-10,21,30-31H,6,11-16,29H2,1-3H3,(H,32,36). The summed E-state index contributed by atoms with van der Waals surface area (Å²) in [5.74, 6) is -0.713. The zero-order valence-electron chi connectivity index (χ0n) is 22.1. The third-order valence-electron chi connectivity index (χ3n) is 6.46. The molecule has 4 rings (SSSR count). The smallest absolute Gasteiger partial charge is 0.410 e. The van der Waals surface area contributed by atoms with E-state index in [0.29, 0.717) is 66.2 Å². The number of likely N-dealkylation sites (tertiary alicyclic amines) is 1. The Morgan fingerprint density at radius 3 is 2.08 bits per heavy atom. The lowest BCUT2D eigenvalue weighted by molar-refractivity contribution is -0.125. The number of ketones is 2. The number of hydrogen-bond donors (Lipinski definition) is 4. The molecule has 0 aromatic heterocycles. The Labute approximate surface area is 222 Å². The Morgan fingerprint density at radius 2 is 1.53 bits per heavy atom. The fourth-order valence-corrected chi connectivity index (χ4v) is 4.82. The zero-order valence-corrected chi connectivity index (χ0v) is 22.1. The first-order chi connectivity index (χ1) is 18.1. The first-order valence-corrected chi connectivity index (χ1v) is 12.9. The van der Waals surface area contributed by atoms with Gasteiger partial charge in [0.1, 0.15) is 11.6 Å². The van der Waals surface area contributed by atoms with E-state index in [2.05, 4.69) is 16.0 Å². The minimum Gasteiger partial charge on any atom is -0.444 e. The molecule has 10 heteroatoms. The summed E-state index contributed by atoms with van der Waals surface area (Å²) in [5.41, 5.74) is 7.42. The van der Waals surface area contributed by atoms with Gasteiger partial charge >= 0.3 is 6.09 Å². The monoisotopic (exact) mass is 521 g/mol. The predicted octanol–water partition coefficient (Wildman–Crippen LogP) is 2.76. The van der Waals surface area contributed by atoms with Gasteiger partial charge in [-0.1, -0.05) is 24.3 Å². The molecular weight excluding hydrogens is 486 g/mol. The predicted molar refractivity (Wildman–Crippen MR) is 145 cm³/mol. The molecule has 1 fully saturated rings. The zero-order chi connectivity index (χ0) is 27.4. The van der Waals surface area contributed by atoms with Crippen molar-refractivity contribution in [2.75, 3.05) is 43.4 Å². The van der Waals surface area contributed by atoms with Crippen molar-refractivity contribution in [3.8, 4) is 0 Å². The van der Waals surface area contributed by atoms with E-state index in [9.17, 15) is 19.2 Å². The number of ether oxygens (including phenoxy) is 1. The highest BCUT2D eigenvalue weighted by atomic mass is 16.6. The lowest BCUT2D eigenvalue weighted by atomic mass is 9.82. The van der Waals surface area contributed by atoms with Gasteiger partial charge in [0.25, 0.3) is 0 Å². The van der Waals surface area contributed by atoms with Crippen molar-refractivity contribution in [1.82, 2.24) is 10.2 Å². The third kappa shape index (κ3) is 5.65. The van der Waals surface area contributed by atoms with Gasteiger partial charge in [0.05, 0.1) is 11.1 Å². The molecule has 2 amide bonds. The second-order valence-corrected chi connectivity index (χ2v) is 10.4. The average molecular weight is 522 g/mol. The summed E-state index contributed by atoms with van der Waals surface area (Å²) in [6, 6.07) is 9.70. The first kappa shape index (κ1) is 27.1. The Balaban J connectivity index is 1.41. The largest absolute Gasteiger partial charge is 0.444 e. The van der Waals surface area contributed by atoms with E-state index in [1.807, 2.05) is 0 Å². The lowest BCUT2D eigenvalue weighted by Gasteiger charge is -2.28. The molecule has 202 valence electrons. The maximum absolute atomic E-state index is 13.5. The van der Waals surface area contributed by atoms with E-state index in [1.54, 1.807) is 57.2 Å². The molecule has 1 aliphatic carbocycles. The third-order valence-corrected chi connectivity index (χ3v) is 6.46. The molecule has 10 nitrogen and oxygen atoms in total. The second-order valence-electron chi connectivity index (χ2n) is 10.4. The number of carbonyl (C=O) groups excluding carboxylic acids is 4. The molecule has 38 heavy (non-hydrogen) atoms. The summed E-state index contributed by atoms with van der Waals surface area (Å²) >= 11 is 0. The van der Waals surface area contributed by atoms with Gasteiger partial charge < -0.3 is 26.4 Å². The highest BCUT2D eigenvalue weighted by Crippen LogP contribution is 2.35. The second kappa shape index (κ2) is 11.2. The highest BCUT2D eigenvalue weighted by molar-refractivity contribution is 6.31. The number of hydrogen-bond acceptors (Lipinski definition) is 8. The Kier molecular flexibility index (Phi) is 8.01. The topological polar surface area (TPSA) is 143 Å². The number of fused-ring (bicyclic) bond motifs is 2. The van der Waals surface area contributed by atoms with Crippen LogP contribution in [0, 0.1) is 0 Å². The number of amides is 2. The normalized spacial score (nSPS) is 16.5. The van der Waals surface area contributed by atoms with E-state index in [1.165, 1.54) is 4.90 Å². The van der Waals surface area contributed by atoms with Gasteiger partial charge in [0.2, 0.25) is 5.91 Å². The van der Waals surface area contributed by atoms with Crippen molar-refractivity contribution in [3.63, 3.8) is 0 Å². The number of benzene rings is 2. The SMILES string of the molecule is CC(C)(C)OC(=O)N1CCCC1C(=O)NCCNc1cccc2c1C(=O)c1cccc(NCCN)c1C2=O. The van der Waals surface area contributed by atoms with Crippen LogP contribution in [0.3, 0.4) is 0 Å². The summed E-state index contributed by atoms with van der Waals surface area (Å²) in [6.45, 7) is 7.32. The number of nitrogens with two attached hydrogens (primary N) is 1. The number of nitrogens with zero attached hydrogens (tertiary/aromatic N) is 1. The Hall–Kier alpha value is -3.92. The summed E-state index contributed by atoms with van der Waals surface area (Å²) in [5, 5.41) is 9.18. The van der Waals surface area contributed by atoms with Crippen molar-refractivity contribution in [2.45, 2.75) is 45.3 Å². The van der Waals surface area contributed by atoms with Crippen molar-refractivity contribution in [2.24, 2.45) is 5.73 Å². The average Bonchev–Trinajstić information content (AvgIpc) is 3.37. The van der Waals surface area contributed by atoms with Gasteiger partial charge in [-0.15, -0.1) is 0 Å². The summed E-state index contributed by atoms with van der Waals surface area (Å²) in [7, 11) is 0. The van der Waals surface area contributed by atoms with E-state index >= 15 is 0 Å². The van der Waals surface area contributed by atoms with Crippen LogP contribution in [-0.4, -0.2) is 72.8 Å². The van der Waals surface area contributed by atoms with Crippen LogP contribution in [0.1, 0.15) is 65.5 Å². The van der Waals surface area contributed by atoms with Gasteiger partial charge in [-0.05, 0) is 45.7 Å². The Bertz CT molecular complexity index is 1250. The minimum atomic E-state index is -0.638. The molecule has 1 atom stereocenters. The molecule has 2 aliphatic rings. The van der Waals surface area contributed by atoms with Crippen LogP contribution >= 0.6 is 0 Å². The quantitative estimate of drug-likeness (QED) is 0.332. The van der Waals surface area contributed by atoms with Crippen LogP contribution in [-0.2, 0) is 9.53 Å². The molecular formula is C28H35N5O5. The van der Waals surface area contributed by atoms with Gasteiger partial charge in [-0.25, -0.2) is 4.79 Å². The Morgan fingerprint density at radius 1 is 0.947 bits per heavy atom. The summed E-state index contributed by atoms with van der Waals surface area (Å²) in [6.07, 6.45) is 0.810. The van der Waals surface area contributed by atoms with E-state index < -0.39 is 17.7 Å². The summed E-state index contributed by atoms with van der Waals surface area (Å²) in [4.78, 5) is 53.6. The molecule has 0 bridgehead atoms. The highest BCUT2D eigenvalue weighted by Gasteiger charge is 2.37. The van der Waals surface area contributed by atoms with Crippen LogP contribution in [0.2, 0.25) is 0 Å². The van der Waals surface area contributed by atoms with Crippen molar-refractivity contribution in [3.05, 3.63) is 58.7 Å². The van der Waals surface area contributed by atoms with Crippen LogP contribution in [0.5, 0.6) is 0 Å². The van der Waals surface area contributed by atoms with Crippen LogP contribution in [0.25, 0.3) is 0 Å². The number of nitrogens with one attached hydrogen (secondary N) is 3. The van der Waals surface area contributed by atoms with Crippen LogP contribution in [0.15, 0.2) is 36.4 Å². The molecule has 5 N–H and O–H groups in total. The molecule has 2 aromatic rings. The lowest BCUT2D eigenvalue weighted by Crippen LogP contribution is -2.48. The summed E-state index contributed by atoms with van der Waals surface area (Å²) < 4.78 is 5.43. The van der Waals surface area contributed by atoms with Gasteiger partial charge in [-0.3, -0.25) is 19.3 Å². The number of carbonyl (C=O) groups is 4. The maximum atomic E-state index is 13.5. The fourth-order valence-electron chi connectivity index (χ4n) is 4.82. The molecule has 0 radical (unpaired) electrons. The molecule has 1 saturated heterocycles. The number of rotatable bonds is 8. The van der Waals surface area contributed by atoms with Gasteiger partial charge in [-0.2, -0.15) is 0 Å². The maximum Gasteiger partial charge on any atom is 0.410 e. The number of anilines is 2. The van der Waals surface area contributed by atoms with E-state index in [4.69, 9.17) is 10.5 Å².